The van der Waals surface area contributed by atoms with Gasteiger partial charge in [-0.05, 0) is 60.4 Å². The summed E-state index contributed by atoms with van der Waals surface area (Å²) in [6, 6.07) is 11.5. The molecule has 39 heavy (non-hydrogen) atoms. The summed E-state index contributed by atoms with van der Waals surface area (Å²) in [5, 5.41) is 3.36. The van der Waals surface area contributed by atoms with E-state index in [0.717, 1.165) is 44.2 Å². The third-order valence-electron chi connectivity index (χ3n) is 8.18. The topological polar surface area (TPSA) is 110 Å². The minimum Gasteiger partial charge on any atom is -0.347 e. The van der Waals surface area contributed by atoms with Crippen molar-refractivity contribution in [2.24, 2.45) is 0 Å². The minimum atomic E-state index is -0.894. The summed E-state index contributed by atoms with van der Waals surface area (Å²) in [5.74, 6) is -0.423. The highest BCUT2D eigenvalue weighted by Gasteiger charge is 2.54. The first-order valence-electron chi connectivity index (χ1n) is 12.9. The Morgan fingerprint density at radius 1 is 1.03 bits per heavy atom. The number of aryl methyl sites for hydroxylation is 2. The molecule has 1 aliphatic carbocycles. The van der Waals surface area contributed by atoms with E-state index < -0.39 is 5.54 Å². The van der Waals surface area contributed by atoms with E-state index in [1.165, 1.54) is 9.80 Å². The fraction of sp³-hybridized carbons (Fsp3) is 0.345. The van der Waals surface area contributed by atoms with Crippen LogP contribution in [0.1, 0.15) is 27.9 Å². The van der Waals surface area contributed by atoms with Crippen LogP contribution < -0.4 is 11.0 Å². The Hall–Kier alpha value is -4.47. The van der Waals surface area contributed by atoms with Crippen molar-refractivity contribution in [3.8, 4) is 0 Å². The number of imidazole rings is 1. The van der Waals surface area contributed by atoms with Gasteiger partial charge in [0.05, 0.1) is 28.8 Å². The number of hydrogen-bond donors (Lipinski definition) is 1. The maximum Gasteiger partial charge on any atom is 0.329 e. The summed E-state index contributed by atoms with van der Waals surface area (Å²) in [5.41, 5.74) is 5.82. The number of aromatic nitrogens is 3. The van der Waals surface area contributed by atoms with E-state index in [0.29, 0.717) is 18.5 Å². The summed E-state index contributed by atoms with van der Waals surface area (Å²) < 4.78 is 3.22. The molecule has 1 atom stereocenters. The van der Waals surface area contributed by atoms with Crippen LogP contribution in [0.4, 0.5) is 4.79 Å². The van der Waals surface area contributed by atoms with Crippen molar-refractivity contribution in [2.75, 3.05) is 21.1 Å². The lowest BCUT2D eigenvalue weighted by molar-refractivity contribution is -0.129. The summed E-state index contributed by atoms with van der Waals surface area (Å²) in [7, 11) is 5.01. The van der Waals surface area contributed by atoms with Gasteiger partial charge in [-0.15, -0.1) is 0 Å². The smallest absolute Gasteiger partial charge is 0.329 e. The molecule has 2 aromatic heterocycles. The van der Waals surface area contributed by atoms with Crippen molar-refractivity contribution >= 4 is 39.8 Å². The van der Waals surface area contributed by atoms with Crippen molar-refractivity contribution in [2.45, 2.75) is 45.3 Å². The lowest BCUT2D eigenvalue weighted by Gasteiger charge is -2.27. The van der Waals surface area contributed by atoms with Crippen LogP contribution in [-0.4, -0.2) is 68.4 Å². The Morgan fingerprint density at radius 3 is 2.41 bits per heavy atom. The van der Waals surface area contributed by atoms with Gasteiger partial charge in [-0.1, -0.05) is 12.1 Å². The molecule has 4 aromatic rings. The lowest BCUT2D eigenvalue weighted by Crippen LogP contribution is -2.48. The Labute approximate surface area is 224 Å². The van der Waals surface area contributed by atoms with Crippen LogP contribution in [0.3, 0.4) is 0 Å². The van der Waals surface area contributed by atoms with Gasteiger partial charge in [0, 0.05) is 39.4 Å². The molecule has 2 aliphatic rings. The zero-order valence-electron chi connectivity index (χ0n) is 22.7. The van der Waals surface area contributed by atoms with Gasteiger partial charge in [-0.3, -0.25) is 29.0 Å². The monoisotopic (exact) mass is 526 g/mol. The summed E-state index contributed by atoms with van der Waals surface area (Å²) in [4.78, 5) is 58.9. The first-order chi connectivity index (χ1) is 18.5. The number of carbonyl (C=O) groups excluding carboxylic acids is 3. The molecule has 2 aromatic carbocycles. The largest absolute Gasteiger partial charge is 0.347 e. The van der Waals surface area contributed by atoms with E-state index in [-0.39, 0.29) is 36.6 Å². The van der Waals surface area contributed by atoms with Crippen LogP contribution in [0.25, 0.3) is 21.9 Å². The first kappa shape index (κ1) is 24.8. The second kappa shape index (κ2) is 8.52. The predicted molar refractivity (Wildman–Crippen MR) is 147 cm³/mol. The average Bonchev–Trinajstić information content (AvgIpc) is 3.44. The normalized spacial score (nSPS) is 18.4. The molecule has 0 saturated carbocycles. The predicted octanol–water partition coefficient (Wildman–Crippen LogP) is 2.12. The maximum atomic E-state index is 13.6. The fourth-order valence-corrected chi connectivity index (χ4v) is 6.03. The molecule has 1 N–H and O–H groups in total. The van der Waals surface area contributed by atoms with Crippen molar-refractivity contribution in [3.05, 3.63) is 74.8 Å². The number of hydrogen-bond acceptors (Lipinski definition) is 5. The van der Waals surface area contributed by atoms with E-state index in [2.05, 4.69) is 5.32 Å². The van der Waals surface area contributed by atoms with Gasteiger partial charge in [0.2, 0.25) is 5.91 Å². The molecule has 1 fully saturated rings. The van der Waals surface area contributed by atoms with Gasteiger partial charge < -0.3 is 9.80 Å². The molecule has 10 nitrogen and oxygen atoms in total. The second-order valence-corrected chi connectivity index (χ2v) is 11.0. The van der Waals surface area contributed by atoms with Crippen LogP contribution >= 0.6 is 0 Å². The molecule has 6 rings (SSSR count). The van der Waals surface area contributed by atoms with Crippen molar-refractivity contribution in [3.63, 3.8) is 0 Å². The summed E-state index contributed by atoms with van der Waals surface area (Å²) >= 11 is 0. The average molecular weight is 527 g/mol. The molecule has 1 aliphatic heterocycles. The molecular weight excluding hydrogens is 496 g/mol. The number of nitrogens with zero attached hydrogens (tertiary/aromatic N) is 5. The Balaban J connectivity index is 1.40. The summed E-state index contributed by atoms with van der Waals surface area (Å²) in [6.45, 7) is 4.15. The molecule has 3 heterocycles. The van der Waals surface area contributed by atoms with Gasteiger partial charge in [0.25, 0.3) is 5.91 Å². The molecule has 1 saturated heterocycles. The van der Waals surface area contributed by atoms with Crippen LogP contribution in [0.5, 0.6) is 0 Å². The number of nitrogens with one attached hydrogen (secondary N) is 1. The number of amides is 4. The van der Waals surface area contributed by atoms with Crippen LogP contribution in [-0.2, 0) is 35.5 Å². The highest BCUT2D eigenvalue weighted by molar-refractivity contribution is 6.08. The highest BCUT2D eigenvalue weighted by atomic mass is 16.2. The number of pyridine rings is 1. The molecule has 0 bridgehead atoms. The van der Waals surface area contributed by atoms with E-state index in [4.69, 9.17) is 4.98 Å². The van der Waals surface area contributed by atoms with Gasteiger partial charge >= 0.3 is 11.7 Å². The zero-order chi connectivity index (χ0) is 27.8. The number of likely N-dealkylation sites (N-methyl/N-ethyl adjacent to an activating group) is 2. The van der Waals surface area contributed by atoms with Crippen LogP contribution in [0.15, 0.2) is 41.2 Å². The molecular formula is C29H30N6O4. The van der Waals surface area contributed by atoms with Crippen molar-refractivity contribution in [1.82, 2.24) is 29.2 Å². The van der Waals surface area contributed by atoms with E-state index >= 15 is 0 Å². The standard InChI is InChI=1S/C29H30N6O4/c1-16-8-17(2)25-23(9-16)34(28(39)35(25)15-24(36)32(3)4)14-21-7-6-18-10-19-12-29(13-20(19)11-22(18)30-21)26(37)31-27(38)33(29)5/h6-11H,12-15H2,1-5H3,(H,31,37,38)/t29-/m1/s1. The Bertz CT molecular complexity index is 1800. The minimum absolute atomic E-state index is 0.0389. The van der Waals surface area contributed by atoms with Crippen LogP contribution in [0.2, 0.25) is 0 Å². The summed E-state index contributed by atoms with van der Waals surface area (Å²) in [6.07, 6.45) is 0.900. The van der Waals surface area contributed by atoms with Gasteiger partial charge in [0.15, 0.2) is 0 Å². The Morgan fingerprint density at radius 2 is 1.74 bits per heavy atom. The molecule has 1 spiro atoms. The fourth-order valence-electron chi connectivity index (χ4n) is 6.03. The number of carbonyl (C=O) groups is 3. The van der Waals surface area contributed by atoms with Gasteiger partial charge in [-0.2, -0.15) is 0 Å². The molecule has 0 radical (unpaired) electrons. The Kier molecular flexibility index (Phi) is 5.43. The highest BCUT2D eigenvalue weighted by Crippen LogP contribution is 2.38. The first-order valence-corrected chi connectivity index (χ1v) is 12.9. The molecule has 200 valence electrons. The molecule has 4 amide bonds. The maximum absolute atomic E-state index is 13.6. The lowest BCUT2D eigenvalue weighted by atomic mass is 9.95. The molecule has 0 unspecified atom stereocenters. The van der Waals surface area contributed by atoms with E-state index in [1.807, 2.05) is 50.2 Å². The quantitative estimate of drug-likeness (QED) is 0.410. The van der Waals surface area contributed by atoms with Gasteiger partial charge in [0.1, 0.15) is 12.1 Å². The number of benzene rings is 2. The third-order valence-corrected chi connectivity index (χ3v) is 8.18. The SMILES string of the molecule is Cc1cc(C)c2c(c1)n(Cc1ccc3cc4c(cc3n1)C[C@]1(C4)C(=O)NC(=O)N1C)c(=O)n2CC(=O)N(C)C. The zero-order valence-corrected chi connectivity index (χ0v) is 22.7. The number of imide groups is 1. The van der Waals surface area contributed by atoms with Crippen molar-refractivity contribution in [1.29, 1.82) is 0 Å². The third kappa shape index (κ3) is 3.73. The molecule has 10 heteroatoms. The number of urea groups is 1. The van der Waals surface area contributed by atoms with E-state index in [9.17, 15) is 19.2 Å². The second-order valence-electron chi connectivity index (χ2n) is 11.0. The van der Waals surface area contributed by atoms with E-state index in [1.54, 1.807) is 30.3 Å². The van der Waals surface area contributed by atoms with Gasteiger partial charge in [-0.25, -0.2) is 9.59 Å². The van der Waals surface area contributed by atoms with Crippen LogP contribution in [0, 0.1) is 13.8 Å². The number of rotatable bonds is 4. The van der Waals surface area contributed by atoms with Crippen molar-refractivity contribution < 1.29 is 14.4 Å². The number of fused-ring (bicyclic) bond motifs is 3.